The molecule has 4 nitrogen and oxygen atoms in total. The van der Waals surface area contributed by atoms with Crippen molar-refractivity contribution in [3.63, 3.8) is 0 Å². The van der Waals surface area contributed by atoms with Gasteiger partial charge in [-0.15, -0.1) is 13.2 Å². The number of hydrogen-bond donors (Lipinski definition) is 2. The van der Waals surface area contributed by atoms with Gasteiger partial charge in [-0.25, -0.2) is 0 Å². The highest BCUT2D eigenvalue weighted by Crippen LogP contribution is 2.29. The number of anilines is 1. The predicted octanol–water partition coefficient (Wildman–Crippen LogP) is 2.65. The number of alkyl halides is 3. The molecule has 1 aromatic carbocycles. The second-order valence-corrected chi connectivity index (χ2v) is 5.89. The number of carbonyl (C=O) groups is 1. The van der Waals surface area contributed by atoms with Crippen molar-refractivity contribution in [3.05, 3.63) is 23.8 Å². The van der Waals surface area contributed by atoms with E-state index < -0.39 is 12.1 Å². The van der Waals surface area contributed by atoms with Crippen molar-refractivity contribution in [3.8, 4) is 5.75 Å². The van der Waals surface area contributed by atoms with Crippen molar-refractivity contribution in [1.29, 1.82) is 0 Å². The van der Waals surface area contributed by atoms with Crippen molar-refractivity contribution in [2.75, 3.05) is 23.8 Å². The average Bonchev–Trinajstić information content (AvgIpc) is 2.90. The number of rotatable bonds is 4. The quantitative estimate of drug-likeness (QED) is 0.837. The number of nitrogen functional groups attached to an aromatic ring is 1. The van der Waals surface area contributed by atoms with Crippen LogP contribution in [0.1, 0.15) is 16.8 Å². The molecule has 1 aromatic rings. The lowest BCUT2D eigenvalue weighted by Gasteiger charge is -2.13. The minimum absolute atomic E-state index is 0.215. The lowest BCUT2D eigenvalue weighted by molar-refractivity contribution is -0.274. The highest BCUT2D eigenvalue weighted by atomic mass is 32.2. The Bertz CT molecular complexity index is 517. The molecule has 0 aromatic heterocycles. The van der Waals surface area contributed by atoms with Gasteiger partial charge in [-0.05, 0) is 42.0 Å². The van der Waals surface area contributed by atoms with Gasteiger partial charge < -0.3 is 15.8 Å². The lowest BCUT2D eigenvalue weighted by Crippen LogP contribution is -2.29. The molecule has 1 fully saturated rings. The third-order valence-electron chi connectivity index (χ3n) is 3.07. The van der Waals surface area contributed by atoms with Gasteiger partial charge in [-0.3, -0.25) is 4.79 Å². The first-order chi connectivity index (χ1) is 9.85. The maximum Gasteiger partial charge on any atom is 0.573 e. The summed E-state index contributed by atoms with van der Waals surface area (Å²) in [4.78, 5) is 11.9. The Morgan fingerprint density at radius 3 is 2.81 bits per heavy atom. The summed E-state index contributed by atoms with van der Waals surface area (Å²) >= 11 is 1.84. The molecule has 1 amide bonds. The van der Waals surface area contributed by atoms with Crippen LogP contribution in [0, 0.1) is 5.92 Å². The highest BCUT2D eigenvalue weighted by molar-refractivity contribution is 7.99. The molecule has 1 saturated heterocycles. The normalized spacial score (nSPS) is 18.5. The fraction of sp³-hybridized carbons (Fsp3) is 0.462. The zero-order valence-corrected chi connectivity index (χ0v) is 11.9. The van der Waals surface area contributed by atoms with Gasteiger partial charge in [0.1, 0.15) is 0 Å². The van der Waals surface area contributed by atoms with Gasteiger partial charge in [0.2, 0.25) is 0 Å². The van der Waals surface area contributed by atoms with Crippen molar-refractivity contribution in [2.45, 2.75) is 12.8 Å². The summed E-state index contributed by atoms with van der Waals surface area (Å²) in [5, 5.41) is 2.76. The van der Waals surface area contributed by atoms with Gasteiger partial charge in [0.25, 0.3) is 5.91 Å². The van der Waals surface area contributed by atoms with E-state index in [2.05, 4.69) is 10.1 Å². The summed E-state index contributed by atoms with van der Waals surface area (Å²) in [6, 6.07) is 3.49. The molecule has 1 aliphatic rings. The van der Waals surface area contributed by atoms with E-state index in [4.69, 9.17) is 5.73 Å². The molecular formula is C13H15F3N2O2S. The summed E-state index contributed by atoms with van der Waals surface area (Å²) in [6.45, 7) is 0.562. The number of ether oxygens (including phenoxy) is 1. The highest BCUT2D eigenvalue weighted by Gasteiger charge is 2.32. The first-order valence-electron chi connectivity index (χ1n) is 6.36. The van der Waals surface area contributed by atoms with Crippen LogP contribution in [0.25, 0.3) is 0 Å². The molecule has 0 bridgehead atoms. The van der Waals surface area contributed by atoms with E-state index in [1.165, 1.54) is 12.1 Å². The maximum absolute atomic E-state index is 12.1. The molecule has 1 aliphatic heterocycles. The van der Waals surface area contributed by atoms with Crippen LogP contribution < -0.4 is 15.8 Å². The minimum atomic E-state index is -4.81. The van der Waals surface area contributed by atoms with Crippen molar-refractivity contribution < 1.29 is 22.7 Å². The number of nitrogens with two attached hydrogens (primary N) is 1. The van der Waals surface area contributed by atoms with Crippen LogP contribution in [0.2, 0.25) is 0 Å². The van der Waals surface area contributed by atoms with Crippen LogP contribution in [0.3, 0.4) is 0 Å². The van der Waals surface area contributed by atoms with Crippen LogP contribution in [0.15, 0.2) is 18.2 Å². The van der Waals surface area contributed by atoms with Crippen LogP contribution in [0.5, 0.6) is 5.75 Å². The molecule has 2 rings (SSSR count). The standard InChI is InChI=1S/C13H15F3N2O2S/c14-13(15,16)20-11-2-1-9(5-10(11)17)12(19)18-6-8-3-4-21-7-8/h1-2,5,8H,3-4,6-7,17H2,(H,18,19). The van der Waals surface area contributed by atoms with Crippen molar-refractivity contribution in [1.82, 2.24) is 5.32 Å². The van der Waals surface area contributed by atoms with E-state index in [0.29, 0.717) is 12.5 Å². The Balaban J connectivity index is 1.96. The fourth-order valence-corrected chi connectivity index (χ4v) is 3.28. The number of hydrogen-bond acceptors (Lipinski definition) is 4. The summed E-state index contributed by atoms with van der Waals surface area (Å²) in [5.41, 5.74) is 5.47. The Labute approximate surface area is 124 Å². The molecule has 0 aliphatic carbocycles. The number of thioether (sulfide) groups is 1. The zero-order valence-electron chi connectivity index (χ0n) is 11.1. The van der Waals surface area contributed by atoms with Crippen LogP contribution >= 0.6 is 11.8 Å². The molecule has 0 radical (unpaired) electrons. The Hall–Kier alpha value is -1.57. The molecular weight excluding hydrogens is 305 g/mol. The van der Waals surface area contributed by atoms with Crippen LogP contribution in [-0.2, 0) is 0 Å². The lowest BCUT2D eigenvalue weighted by atomic mass is 10.1. The smallest absolute Gasteiger partial charge is 0.404 e. The minimum Gasteiger partial charge on any atom is -0.404 e. The maximum atomic E-state index is 12.1. The molecule has 0 spiro atoms. The van der Waals surface area contributed by atoms with Gasteiger partial charge in [-0.1, -0.05) is 0 Å². The largest absolute Gasteiger partial charge is 0.573 e. The number of benzene rings is 1. The summed E-state index contributed by atoms with van der Waals surface area (Å²) in [7, 11) is 0. The Morgan fingerprint density at radius 2 is 2.24 bits per heavy atom. The first kappa shape index (κ1) is 15.8. The Morgan fingerprint density at radius 1 is 1.48 bits per heavy atom. The van der Waals surface area contributed by atoms with Crippen molar-refractivity contribution >= 4 is 23.4 Å². The molecule has 8 heteroatoms. The third-order valence-corrected chi connectivity index (χ3v) is 4.30. The summed E-state index contributed by atoms with van der Waals surface area (Å²) in [6.07, 6.45) is -3.75. The fourth-order valence-electron chi connectivity index (χ4n) is 1.99. The molecule has 1 atom stereocenters. The molecule has 1 heterocycles. The summed E-state index contributed by atoms with van der Waals surface area (Å²) < 4.78 is 40.1. The van der Waals surface area contributed by atoms with E-state index in [1.807, 2.05) is 11.8 Å². The number of nitrogens with one attached hydrogen (secondary N) is 1. The summed E-state index contributed by atoms with van der Waals surface area (Å²) in [5.74, 6) is 1.70. The van der Waals surface area contributed by atoms with E-state index >= 15 is 0 Å². The van der Waals surface area contributed by atoms with Crippen molar-refractivity contribution in [2.24, 2.45) is 5.92 Å². The van der Waals surface area contributed by atoms with E-state index in [-0.39, 0.29) is 17.2 Å². The third kappa shape index (κ3) is 4.73. The molecule has 3 N–H and O–H groups in total. The first-order valence-corrected chi connectivity index (χ1v) is 7.52. The molecule has 1 unspecified atom stereocenters. The monoisotopic (exact) mass is 320 g/mol. The average molecular weight is 320 g/mol. The zero-order chi connectivity index (χ0) is 15.5. The topological polar surface area (TPSA) is 64.4 Å². The number of halogens is 3. The molecule has 116 valence electrons. The molecule has 0 saturated carbocycles. The molecule has 21 heavy (non-hydrogen) atoms. The van der Waals surface area contributed by atoms with E-state index in [1.54, 1.807) is 0 Å². The second kappa shape index (κ2) is 6.46. The SMILES string of the molecule is Nc1cc(C(=O)NCC2CCSC2)ccc1OC(F)(F)F. The van der Waals surface area contributed by atoms with Crippen LogP contribution in [0.4, 0.5) is 18.9 Å². The van der Waals surface area contributed by atoms with Gasteiger partial charge in [0, 0.05) is 12.1 Å². The number of carbonyl (C=O) groups excluding carboxylic acids is 1. The predicted molar refractivity (Wildman–Crippen MR) is 75.3 cm³/mol. The van der Waals surface area contributed by atoms with Gasteiger partial charge in [0.15, 0.2) is 5.75 Å². The van der Waals surface area contributed by atoms with Gasteiger partial charge in [0.05, 0.1) is 5.69 Å². The number of amides is 1. The van der Waals surface area contributed by atoms with Gasteiger partial charge in [-0.2, -0.15) is 11.8 Å². The van der Waals surface area contributed by atoms with Gasteiger partial charge >= 0.3 is 6.36 Å². The Kier molecular flexibility index (Phi) is 4.87. The van der Waals surface area contributed by atoms with E-state index in [9.17, 15) is 18.0 Å². The second-order valence-electron chi connectivity index (χ2n) is 4.74. The van der Waals surface area contributed by atoms with E-state index in [0.717, 1.165) is 24.0 Å². The van der Waals surface area contributed by atoms with Crippen LogP contribution in [-0.4, -0.2) is 30.3 Å².